The van der Waals surface area contributed by atoms with Crippen molar-refractivity contribution >= 4 is 23.3 Å². The average molecular weight is 328 g/mol. The third-order valence-corrected chi connectivity index (χ3v) is 4.34. The molecule has 2 aromatic heterocycles. The summed E-state index contributed by atoms with van der Waals surface area (Å²) >= 11 is 1.17. The predicted molar refractivity (Wildman–Crippen MR) is 87.7 cm³/mol. The van der Waals surface area contributed by atoms with Crippen molar-refractivity contribution in [1.29, 1.82) is 0 Å². The first-order valence-electron chi connectivity index (χ1n) is 7.09. The lowest BCUT2D eigenvalue weighted by atomic mass is 10.2. The molecule has 0 aliphatic rings. The maximum atomic E-state index is 12.6. The molecular formula is C15H16N6OS. The minimum absolute atomic E-state index is 0.187. The highest BCUT2D eigenvalue weighted by atomic mass is 32.1. The van der Waals surface area contributed by atoms with Crippen molar-refractivity contribution in [1.82, 2.24) is 23.7 Å². The van der Waals surface area contributed by atoms with Crippen molar-refractivity contribution in [3.8, 4) is 0 Å². The van der Waals surface area contributed by atoms with Crippen molar-refractivity contribution in [2.24, 2.45) is 0 Å². The average Bonchev–Trinajstić information content (AvgIpc) is 3.14. The van der Waals surface area contributed by atoms with Gasteiger partial charge in [0.15, 0.2) is 5.69 Å². The SMILES string of the molecule is Cc1nsnc1Cn1nnc(C(=O)N(C)c2ccccc2)c1C. The molecule has 0 atom stereocenters. The van der Waals surface area contributed by atoms with Gasteiger partial charge < -0.3 is 4.90 Å². The summed E-state index contributed by atoms with van der Waals surface area (Å²) in [6.07, 6.45) is 0. The van der Waals surface area contributed by atoms with Crippen LogP contribution in [0.15, 0.2) is 30.3 Å². The molecule has 118 valence electrons. The van der Waals surface area contributed by atoms with E-state index in [1.165, 1.54) is 11.7 Å². The third kappa shape index (κ3) is 2.98. The van der Waals surface area contributed by atoms with Crippen LogP contribution in [0, 0.1) is 13.8 Å². The van der Waals surface area contributed by atoms with Gasteiger partial charge >= 0.3 is 0 Å². The van der Waals surface area contributed by atoms with Crippen molar-refractivity contribution in [2.75, 3.05) is 11.9 Å². The number of aromatic nitrogens is 5. The maximum Gasteiger partial charge on any atom is 0.280 e. The van der Waals surface area contributed by atoms with E-state index >= 15 is 0 Å². The normalized spacial score (nSPS) is 10.7. The fourth-order valence-corrected chi connectivity index (χ4v) is 2.73. The summed E-state index contributed by atoms with van der Waals surface area (Å²) in [5.41, 5.74) is 3.59. The number of nitrogens with zero attached hydrogens (tertiary/aromatic N) is 6. The van der Waals surface area contributed by atoms with E-state index < -0.39 is 0 Å². The molecule has 0 bridgehead atoms. The lowest BCUT2D eigenvalue weighted by Gasteiger charge is -2.16. The topological polar surface area (TPSA) is 76.8 Å². The number of hydrogen-bond acceptors (Lipinski definition) is 6. The Morgan fingerprint density at radius 1 is 1.22 bits per heavy atom. The van der Waals surface area contributed by atoms with Crippen molar-refractivity contribution < 1.29 is 4.79 Å². The number of carbonyl (C=O) groups excluding carboxylic acids is 1. The Morgan fingerprint density at radius 3 is 2.61 bits per heavy atom. The standard InChI is InChI=1S/C15H16N6OS/c1-10-13(18-23-17-10)9-21-11(2)14(16-19-21)15(22)20(3)12-7-5-4-6-8-12/h4-8H,9H2,1-3H3. The quantitative estimate of drug-likeness (QED) is 0.733. The Kier molecular flexibility index (Phi) is 4.16. The van der Waals surface area contributed by atoms with E-state index in [-0.39, 0.29) is 5.91 Å². The lowest BCUT2D eigenvalue weighted by Crippen LogP contribution is -2.27. The van der Waals surface area contributed by atoms with Crippen LogP contribution < -0.4 is 4.90 Å². The second-order valence-corrected chi connectivity index (χ2v) is 5.71. The van der Waals surface area contributed by atoms with Crippen LogP contribution >= 0.6 is 11.7 Å². The number of rotatable bonds is 4. The van der Waals surface area contributed by atoms with Crippen LogP contribution in [0.4, 0.5) is 5.69 Å². The van der Waals surface area contributed by atoms with Crippen molar-refractivity contribution in [2.45, 2.75) is 20.4 Å². The number of anilines is 1. The summed E-state index contributed by atoms with van der Waals surface area (Å²) < 4.78 is 10.1. The van der Waals surface area contributed by atoms with Crippen LogP contribution in [0.1, 0.15) is 27.6 Å². The summed E-state index contributed by atoms with van der Waals surface area (Å²) in [7, 11) is 1.73. The Morgan fingerprint density at radius 2 is 1.96 bits per heavy atom. The summed E-state index contributed by atoms with van der Waals surface area (Å²) in [5.74, 6) is -0.187. The molecule has 1 amide bonds. The monoisotopic (exact) mass is 328 g/mol. The van der Waals surface area contributed by atoms with Gasteiger partial charge in [-0.15, -0.1) is 5.10 Å². The van der Waals surface area contributed by atoms with Gasteiger partial charge in [-0.3, -0.25) is 4.79 Å². The predicted octanol–water partition coefficient (Wildman–Crippen LogP) is 2.07. The van der Waals surface area contributed by atoms with Gasteiger partial charge in [-0.2, -0.15) is 8.75 Å². The Bertz CT molecular complexity index is 826. The molecule has 0 saturated heterocycles. The van der Waals surface area contributed by atoms with E-state index in [9.17, 15) is 4.79 Å². The number of hydrogen-bond donors (Lipinski definition) is 0. The van der Waals surface area contributed by atoms with Crippen LogP contribution in [-0.2, 0) is 6.54 Å². The van der Waals surface area contributed by atoms with Gasteiger partial charge in [-0.25, -0.2) is 4.68 Å². The van der Waals surface area contributed by atoms with Gasteiger partial charge in [0.1, 0.15) is 0 Å². The van der Waals surface area contributed by atoms with E-state index in [1.54, 1.807) is 16.6 Å². The number of amides is 1. The molecular weight excluding hydrogens is 312 g/mol. The highest BCUT2D eigenvalue weighted by Crippen LogP contribution is 2.16. The van der Waals surface area contributed by atoms with Gasteiger partial charge in [0.2, 0.25) is 0 Å². The zero-order valence-corrected chi connectivity index (χ0v) is 13.9. The molecule has 0 fully saturated rings. The van der Waals surface area contributed by atoms with Crippen LogP contribution in [0.2, 0.25) is 0 Å². The molecule has 0 radical (unpaired) electrons. The molecule has 7 nitrogen and oxygen atoms in total. The van der Waals surface area contributed by atoms with Gasteiger partial charge in [0.05, 0.1) is 35.4 Å². The summed E-state index contributed by atoms with van der Waals surface area (Å²) in [4.78, 5) is 14.2. The number of aryl methyl sites for hydroxylation is 1. The number of para-hydroxylation sites is 1. The minimum atomic E-state index is -0.187. The molecule has 8 heteroatoms. The molecule has 0 spiro atoms. The van der Waals surface area contributed by atoms with Gasteiger partial charge in [0.25, 0.3) is 5.91 Å². The Hall–Kier alpha value is -2.61. The summed E-state index contributed by atoms with van der Waals surface area (Å²) in [5, 5.41) is 8.13. The zero-order chi connectivity index (χ0) is 16.4. The molecule has 3 aromatic rings. The molecule has 0 N–H and O–H groups in total. The first-order chi connectivity index (χ1) is 11.1. The molecule has 2 heterocycles. The van der Waals surface area contributed by atoms with Crippen LogP contribution in [-0.4, -0.2) is 36.7 Å². The fraction of sp³-hybridized carbons (Fsp3) is 0.267. The first kappa shape index (κ1) is 15.3. The third-order valence-electron chi connectivity index (χ3n) is 3.68. The first-order valence-corrected chi connectivity index (χ1v) is 7.82. The summed E-state index contributed by atoms with van der Waals surface area (Å²) in [6.45, 7) is 4.20. The lowest BCUT2D eigenvalue weighted by molar-refractivity contribution is 0.0987. The van der Waals surface area contributed by atoms with Crippen molar-refractivity contribution in [3.63, 3.8) is 0 Å². The minimum Gasteiger partial charge on any atom is -0.310 e. The van der Waals surface area contributed by atoms with Gasteiger partial charge in [-0.1, -0.05) is 23.4 Å². The molecule has 0 saturated carbocycles. The highest BCUT2D eigenvalue weighted by molar-refractivity contribution is 6.99. The molecule has 3 rings (SSSR count). The van der Waals surface area contributed by atoms with Crippen LogP contribution in [0.5, 0.6) is 0 Å². The van der Waals surface area contributed by atoms with E-state index in [0.29, 0.717) is 17.9 Å². The zero-order valence-electron chi connectivity index (χ0n) is 13.1. The van der Waals surface area contributed by atoms with Crippen LogP contribution in [0.25, 0.3) is 0 Å². The van der Waals surface area contributed by atoms with E-state index in [0.717, 1.165) is 17.1 Å². The van der Waals surface area contributed by atoms with Crippen LogP contribution in [0.3, 0.4) is 0 Å². The fourth-order valence-electron chi connectivity index (χ4n) is 2.17. The Labute approximate surface area is 137 Å². The Balaban J connectivity index is 1.84. The van der Waals surface area contributed by atoms with Gasteiger partial charge in [-0.05, 0) is 26.0 Å². The molecule has 0 aliphatic carbocycles. The largest absolute Gasteiger partial charge is 0.310 e. The molecule has 1 aromatic carbocycles. The van der Waals surface area contributed by atoms with Crippen molar-refractivity contribution in [3.05, 3.63) is 53.1 Å². The second kappa shape index (κ2) is 6.25. The maximum absolute atomic E-state index is 12.6. The van der Waals surface area contributed by atoms with E-state index in [4.69, 9.17) is 0 Å². The number of benzene rings is 1. The van der Waals surface area contributed by atoms with E-state index in [1.807, 2.05) is 44.2 Å². The molecule has 23 heavy (non-hydrogen) atoms. The second-order valence-electron chi connectivity index (χ2n) is 5.18. The highest BCUT2D eigenvalue weighted by Gasteiger charge is 2.21. The smallest absolute Gasteiger partial charge is 0.280 e. The van der Waals surface area contributed by atoms with Gasteiger partial charge in [0, 0.05) is 12.7 Å². The number of carbonyl (C=O) groups is 1. The summed E-state index contributed by atoms with van der Waals surface area (Å²) in [6, 6.07) is 9.44. The van der Waals surface area contributed by atoms with E-state index in [2.05, 4.69) is 19.1 Å². The molecule has 0 aliphatic heterocycles. The molecule has 0 unspecified atom stereocenters.